The highest BCUT2D eigenvalue weighted by Gasteiger charge is 2.15. The number of nitrogens with zero attached hydrogens (tertiary/aromatic N) is 3. The normalized spacial score (nSPS) is 12.2. The number of pyridine rings is 1. The van der Waals surface area contributed by atoms with Gasteiger partial charge in [0.15, 0.2) is 5.82 Å². The molecule has 0 atom stereocenters. The van der Waals surface area contributed by atoms with Gasteiger partial charge in [0.05, 0.1) is 5.52 Å². The number of nitrogen functional groups attached to an aromatic ring is 1. The Bertz CT molecular complexity index is 794. The van der Waals surface area contributed by atoms with E-state index in [-0.39, 0.29) is 5.75 Å². The molecule has 0 unspecified atom stereocenters. The smallest absolute Gasteiger partial charge is 0.151 e. The molecule has 6 nitrogen and oxygen atoms in total. The molecule has 2 aromatic heterocycles. The lowest BCUT2D eigenvalue weighted by atomic mass is 10.2. The number of nitrogens with two attached hydrogens (primary N) is 1. The molecule has 0 bridgehead atoms. The summed E-state index contributed by atoms with van der Waals surface area (Å²) in [6.45, 7) is 6.76. The molecule has 2 rings (SSSR count). The van der Waals surface area contributed by atoms with Gasteiger partial charge in [0, 0.05) is 24.2 Å². The van der Waals surface area contributed by atoms with Crippen molar-refractivity contribution in [1.29, 1.82) is 0 Å². The Hall–Kier alpha value is -1.63. The molecule has 0 aliphatic carbocycles. The molecule has 0 saturated carbocycles. The monoisotopic (exact) mass is 324 g/mol. The van der Waals surface area contributed by atoms with Gasteiger partial charge >= 0.3 is 0 Å². The van der Waals surface area contributed by atoms with E-state index in [9.17, 15) is 8.42 Å². The summed E-state index contributed by atoms with van der Waals surface area (Å²) in [4.78, 5) is 8.86. The Morgan fingerprint density at radius 1 is 1.09 bits per heavy atom. The van der Waals surface area contributed by atoms with Crippen LogP contribution in [0.15, 0.2) is 0 Å². The first kappa shape index (κ1) is 16.7. The molecule has 0 spiro atoms. The van der Waals surface area contributed by atoms with Crippen molar-refractivity contribution in [2.75, 3.05) is 17.7 Å². The quantitative estimate of drug-likeness (QED) is 0.822. The minimum absolute atomic E-state index is 0.256. The van der Waals surface area contributed by atoms with E-state index in [2.05, 4.69) is 14.5 Å². The maximum absolute atomic E-state index is 11.1. The third-order valence-electron chi connectivity index (χ3n) is 3.98. The van der Waals surface area contributed by atoms with Crippen molar-refractivity contribution >= 4 is 26.7 Å². The first-order chi connectivity index (χ1) is 10.2. The minimum atomic E-state index is -2.86. The second-order valence-corrected chi connectivity index (χ2v) is 8.17. The van der Waals surface area contributed by atoms with E-state index in [1.165, 1.54) is 6.26 Å². The van der Waals surface area contributed by atoms with Gasteiger partial charge in [-0.1, -0.05) is 6.42 Å². The number of fused-ring (bicyclic) bond motifs is 1. The molecule has 22 heavy (non-hydrogen) atoms. The average molecular weight is 324 g/mol. The predicted molar refractivity (Wildman–Crippen MR) is 89.7 cm³/mol. The SMILES string of the molecule is Cc1nc(N)c2nc(C)n(CCCCCS(C)(=O)=O)c2c1C. The van der Waals surface area contributed by atoms with Gasteiger partial charge in [-0.3, -0.25) is 0 Å². The summed E-state index contributed by atoms with van der Waals surface area (Å²) >= 11 is 0. The zero-order valence-corrected chi connectivity index (χ0v) is 14.5. The van der Waals surface area contributed by atoms with Crippen LogP contribution in [0, 0.1) is 20.8 Å². The van der Waals surface area contributed by atoms with E-state index in [1.807, 2.05) is 20.8 Å². The molecule has 7 heteroatoms. The summed E-state index contributed by atoms with van der Waals surface area (Å²) in [6.07, 6.45) is 3.78. The molecule has 0 radical (unpaired) electrons. The minimum Gasteiger partial charge on any atom is -0.382 e. The Labute approximate surface area is 131 Å². The average Bonchev–Trinajstić information content (AvgIpc) is 2.72. The number of imidazole rings is 1. The van der Waals surface area contributed by atoms with Crippen molar-refractivity contribution in [2.24, 2.45) is 0 Å². The zero-order valence-electron chi connectivity index (χ0n) is 13.7. The number of aryl methyl sites for hydroxylation is 4. The van der Waals surface area contributed by atoms with Crippen LogP contribution in [-0.2, 0) is 16.4 Å². The summed E-state index contributed by atoms with van der Waals surface area (Å²) in [5.74, 6) is 1.64. The van der Waals surface area contributed by atoms with Crippen LogP contribution in [0.1, 0.15) is 36.3 Å². The highest BCUT2D eigenvalue weighted by atomic mass is 32.2. The van der Waals surface area contributed by atoms with Gasteiger partial charge in [-0.15, -0.1) is 0 Å². The lowest BCUT2D eigenvalue weighted by Crippen LogP contribution is -2.06. The Balaban J connectivity index is 2.16. The fourth-order valence-electron chi connectivity index (χ4n) is 2.70. The standard InChI is InChI=1S/C15H24N4O2S/c1-10-11(2)17-15(16)13-14(10)19(12(3)18-13)8-6-5-7-9-22(4,20)21/h5-9H2,1-4H3,(H2,16,17). The third-order valence-corrected chi connectivity index (χ3v) is 5.01. The first-order valence-corrected chi connectivity index (χ1v) is 9.54. The Morgan fingerprint density at radius 2 is 1.77 bits per heavy atom. The van der Waals surface area contributed by atoms with Crippen LogP contribution in [0.25, 0.3) is 11.0 Å². The number of unbranched alkanes of at least 4 members (excludes halogenated alkanes) is 2. The number of rotatable bonds is 6. The molecule has 122 valence electrons. The molecule has 0 amide bonds. The summed E-state index contributed by atoms with van der Waals surface area (Å²) in [5.41, 5.74) is 9.80. The number of hydrogen-bond donors (Lipinski definition) is 1. The van der Waals surface area contributed by atoms with Gasteiger partial charge < -0.3 is 10.3 Å². The highest BCUT2D eigenvalue weighted by Crippen LogP contribution is 2.26. The summed E-state index contributed by atoms with van der Waals surface area (Å²) < 4.78 is 24.4. The lowest BCUT2D eigenvalue weighted by Gasteiger charge is -2.10. The molecule has 0 fully saturated rings. The molecule has 0 saturated heterocycles. The molecule has 2 N–H and O–H groups in total. The zero-order chi connectivity index (χ0) is 16.5. The van der Waals surface area contributed by atoms with E-state index in [4.69, 9.17) is 5.73 Å². The number of hydrogen-bond acceptors (Lipinski definition) is 5. The predicted octanol–water partition coefficient (Wildman–Crippen LogP) is 2.15. The van der Waals surface area contributed by atoms with Crippen LogP contribution >= 0.6 is 0 Å². The number of anilines is 1. The van der Waals surface area contributed by atoms with Crippen molar-refractivity contribution in [2.45, 2.75) is 46.6 Å². The van der Waals surface area contributed by atoms with Gasteiger partial charge in [-0.2, -0.15) is 0 Å². The molecule has 0 aromatic carbocycles. The lowest BCUT2D eigenvalue weighted by molar-refractivity contribution is 0.581. The number of aromatic nitrogens is 3. The van der Waals surface area contributed by atoms with Gasteiger partial charge in [-0.05, 0) is 39.2 Å². The van der Waals surface area contributed by atoms with Crippen molar-refractivity contribution < 1.29 is 8.42 Å². The van der Waals surface area contributed by atoms with Crippen LogP contribution in [0.4, 0.5) is 5.82 Å². The van der Waals surface area contributed by atoms with Gasteiger partial charge in [-0.25, -0.2) is 18.4 Å². The second kappa shape index (κ2) is 6.24. The highest BCUT2D eigenvalue weighted by molar-refractivity contribution is 7.90. The van der Waals surface area contributed by atoms with Gasteiger partial charge in [0.2, 0.25) is 0 Å². The van der Waals surface area contributed by atoms with Gasteiger partial charge in [0.25, 0.3) is 0 Å². The molecule has 0 aliphatic rings. The fraction of sp³-hybridized carbons (Fsp3) is 0.600. The van der Waals surface area contributed by atoms with Crippen LogP contribution < -0.4 is 5.73 Å². The van der Waals surface area contributed by atoms with Crippen LogP contribution in [-0.4, -0.2) is 35.0 Å². The fourth-order valence-corrected chi connectivity index (χ4v) is 3.43. The first-order valence-electron chi connectivity index (χ1n) is 7.48. The Kier molecular flexibility index (Phi) is 4.75. The van der Waals surface area contributed by atoms with E-state index in [0.29, 0.717) is 12.2 Å². The van der Waals surface area contributed by atoms with E-state index < -0.39 is 9.84 Å². The maximum atomic E-state index is 11.1. The number of sulfone groups is 1. The Morgan fingerprint density at radius 3 is 2.41 bits per heavy atom. The van der Waals surface area contributed by atoms with Crippen LogP contribution in [0.5, 0.6) is 0 Å². The summed E-state index contributed by atoms with van der Waals surface area (Å²) in [6, 6.07) is 0. The van der Waals surface area contributed by atoms with Crippen molar-refractivity contribution in [3.8, 4) is 0 Å². The van der Waals surface area contributed by atoms with Crippen molar-refractivity contribution in [3.63, 3.8) is 0 Å². The van der Waals surface area contributed by atoms with Crippen LogP contribution in [0.3, 0.4) is 0 Å². The third kappa shape index (κ3) is 3.58. The molecule has 2 heterocycles. The molecular weight excluding hydrogens is 300 g/mol. The van der Waals surface area contributed by atoms with Crippen LogP contribution in [0.2, 0.25) is 0 Å². The van der Waals surface area contributed by atoms with E-state index in [1.54, 1.807) is 0 Å². The summed E-state index contributed by atoms with van der Waals surface area (Å²) in [7, 11) is -2.86. The van der Waals surface area contributed by atoms with Crippen molar-refractivity contribution in [1.82, 2.24) is 14.5 Å². The van der Waals surface area contributed by atoms with E-state index in [0.717, 1.165) is 47.5 Å². The molecular formula is C15H24N4O2S. The topological polar surface area (TPSA) is 90.9 Å². The summed E-state index contributed by atoms with van der Waals surface area (Å²) in [5, 5.41) is 0. The largest absolute Gasteiger partial charge is 0.382 e. The van der Waals surface area contributed by atoms with Gasteiger partial charge in [0.1, 0.15) is 21.2 Å². The van der Waals surface area contributed by atoms with E-state index >= 15 is 0 Å². The second-order valence-electron chi connectivity index (χ2n) is 5.91. The van der Waals surface area contributed by atoms with Crippen molar-refractivity contribution in [3.05, 3.63) is 17.1 Å². The molecule has 2 aromatic rings. The molecule has 0 aliphatic heterocycles. The maximum Gasteiger partial charge on any atom is 0.151 e.